The summed E-state index contributed by atoms with van der Waals surface area (Å²) < 4.78 is 31.0. The number of aromatic nitrogens is 3. The maximum atomic E-state index is 14.1. The molecule has 1 saturated heterocycles. The second-order valence-electron chi connectivity index (χ2n) is 8.19. The molecule has 0 atom stereocenters. The molecule has 2 aromatic rings. The van der Waals surface area contributed by atoms with Crippen LogP contribution in [0.25, 0.3) is 0 Å². The number of nitrogens with one attached hydrogen (secondary N) is 1. The van der Waals surface area contributed by atoms with Crippen molar-refractivity contribution >= 4 is 11.6 Å². The number of guanidine groups is 1. The van der Waals surface area contributed by atoms with Crippen LogP contribution in [-0.4, -0.2) is 64.5 Å². The molecule has 0 saturated carbocycles. The van der Waals surface area contributed by atoms with Crippen molar-refractivity contribution in [3.63, 3.8) is 0 Å². The van der Waals surface area contributed by atoms with Crippen LogP contribution in [0.15, 0.2) is 28.0 Å². The van der Waals surface area contributed by atoms with Crippen molar-refractivity contribution in [2.45, 2.75) is 45.7 Å². The van der Waals surface area contributed by atoms with Crippen LogP contribution >= 0.6 is 0 Å². The second kappa shape index (κ2) is 10.1. The summed E-state index contributed by atoms with van der Waals surface area (Å²) in [7, 11) is 0. The van der Waals surface area contributed by atoms with Gasteiger partial charge in [-0.2, -0.15) is 5.10 Å². The molecule has 3 heterocycles. The van der Waals surface area contributed by atoms with Crippen molar-refractivity contribution in [3.8, 4) is 0 Å². The first-order valence-corrected chi connectivity index (χ1v) is 11.5. The molecule has 10 heteroatoms. The summed E-state index contributed by atoms with van der Waals surface area (Å²) in [5, 5.41) is 7.79. The first-order valence-electron chi connectivity index (χ1n) is 11.5. The average Bonchev–Trinajstić information content (AvgIpc) is 3.13. The van der Waals surface area contributed by atoms with Gasteiger partial charge >= 0.3 is 5.69 Å². The molecule has 174 valence electrons. The van der Waals surface area contributed by atoms with Crippen molar-refractivity contribution in [2.75, 3.05) is 44.2 Å². The molecule has 8 nitrogen and oxygen atoms in total. The predicted octanol–water partition coefficient (Wildman–Crippen LogP) is 1.84. The van der Waals surface area contributed by atoms with Crippen molar-refractivity contribution in [2.24, 2.45) is 4.99 Å². The lowest BCUT2D eigenvalue weighted by Gasteiger charge is -2.37. The molecule has 0 amide bonds. The summed E-state index contributed by atoms with van der Waals surface area (Å²) in [6.07, 6.45) is 3.72. The van der Waals surface area contributed by atoms with E-state index >= 15 is 0 Å². The Bertz CT molecular complexity index is 1010. The Morgan fingerprint density at radius 2 is 1.97 bits per heavy atom. The zero-order valence-electron chi connectivity index (χ0n) is 18.6. The third kappa shape index (κ3) is 4.94. The van der Waals surface area contributed by atoms with Crippen LogP contribution in [0.1, 0.15) is 32.0 Å². The smallest absolute Gasteiger partial charge is 0.345 e. The van der Waals surface area contributed by atoms with E-state index in [1.165, 1.54) is 12.1 Å². The Kier molecular flexibility index (Phi) is 7.06. The first kappa shape index (κ1) is 22.3. The van der Waals surface area contributed by atoms with E-state index in [4.69, 9.17) is 4.99 Å². The van der Waals surface area contributed by atoms with Crippen LogP contribution in [0.5, 0.6) is 0 Å². The predicted molar refractivity (Wildman–Crippen MR) is 120 cm³/mol. The fourth-order valence-corrected chi connectivity index (χ4v) is 4.31. The van der Waals surface area contributed by atoms with Crippen LogP contribution in [0, 0.1) is 11.6 Å². The summed E-state index contributed by atoms with van der Waals surface area (Å²) in [5.41, 5.74) is 0.288. The molecule has 2 aliphatic rings. The van der Waals surface area contributed by atoms with Crippen molar-refractivity contribution in [1.29, 1.82) is 0 Å². The van der Waals surface area contributed by atoms with E-state index in [2.05, 4.69) is 15.3 Å². The number of aliphatic imine (C=N–C) groups is 1. The Morgan fingerprint density at radius 3 is 2.72 bits per heavy atom. The molecule has 32 heavy (non-hydrogen) atoms. The Hall–Kier alpha value is -2.91. The number of halogens is 2. The minimum atomic E-state index is -0.434. The number of rotatable bonds is 6. The number of hydrogen-bond donors (Lipinski definition) is 1. The Balaban J connectivity index is 1.32. The van der Waals surface area contributed by atoms with Gasteiger partial charge in [0.2, 0.25) is 0 Å². The highest BCUT2D eigenvalue weighted by Crippen LogP contribution is 2.22. The number of hydrogen-bond acceptors (Lipinski definition) is 4. The van der Waals surface area contributed by atoms with Crippen LogP contribution in [0.3, 0.4) is 0 Å². The fourth-order valence-electron chi connectivity index (χ4n) is 4.31. The molecule has 0 radical (unpaired) electrons. The number of benzene rings is 1. The van der Waals surface area contributed by atoms with Crippen molar-refractivity contribution < 1.29 is 8.78 Å². The monoisotopic (exact) mass is 447 g/mol. The summed E-state index contributed by atoms with van der Waals surface area (Å²) in [6.45, 7) is 7.14. The molecule has 1 aromatic carbocycles. The number of fused-ring (bicyclic) bond motifs is 1. The lowest BCUT2D eigenvalue weighted by Crippen LogP contribution is -2.52. The lowest BCUT2D eigenvalue weighted by molar-refractivity contribution is 0.370. The molecule has 2 aliphatic heterocycles. The van der Waals surface area contributed by atoms with Gasteiger partial charge in [0.25, 0.3) is 0 Å². The van der Waals surface area contributed by atoms with E-state index < -0.39 is 11.6 Å². The van der Waals surface area contributed by atoms with E-state index in [0.717, 1.165) is 56.6 Å². The zero-order valence-corrected chi connectivity index (χ0v) is 18.6. The van der Waals surface area contributed by atoms with E-state index in [0.29, 0.717) is 45.0 Å². The third-order valence-corrected chi connectivity index (χ3v) is 5.98. The standard InChI is InChI=1S/C22H31F2N7O/c1-2-25-21(26-9-5-11-31-22(32)30-10-4-3-6-20(30)27-31)29-14-12-28(13-15-29)19-16-17(23)7-8-18(19)24/h7-8,16H,2-6,9-15H2,1H3,(H,25,26). The SMILES string of the molecule is CCNC(=NCCCn1nc2n(c1=O)CCCC2)N1CCN(c2cc(F)ccc2F)CC1. The van der Waals surface area contributed by atoms with Crippen molar-refractivity contribution in [3.05, 3.63) is 46.1 Å². The fraction of sp³-hybridized carbons (Fsp3) is 0.591. The zero-order chi connectivity index (χ0) is 22.5. The molecule has 0 aliphatic carbocycles. The quantitative estimate of drug-likeness (QED) is 0.416. The van der Waals surface area contributed by atoms with Crippen molar-refractivity contribution in [1.82, 2.24) is 24.6 Å². The highest BCUT2D eigenvalue weighted by molar-refractivity contribution is 5.80. The normalized spacial score (nSPS) is 16.9. The van der Waals surface area contributed by atoms with E-state index in [-0.39, 0.29) is 5.69 Å². The minimum absolute atomic E-state index is 0.0173. The van der Waals surface area contributed by atoms with Crippen LogP contribution < -0.4 is 15.9 Å². The van der Waals surface area contributed by atoms with Gasteiger partial charge in [0, 0.05) is 64.8 Å². The molecule has 0 unspecified atom stereocenters. The number of anilines is 1. The molecule has 1 fully saturated rings. The van der Waals surface area contributed by atoms with E-state index in [1.807, 2.05) is 11.8 Å². The number of piperazine rings is 1. The number of aryl methyl sites for hydroxylation is 2. The maximum absolute atomic E-state index is 14.1. The lowest BCUT2D eigenvalue weighted by atomic mass is 10.2. The third-order valence-electron chi connectivity index (χ3n) is 5.98. The summed E-state index contributed by atoms with van der Waals surface area (Å²) in [5.74, 6) is 0.863. The van der Waals surface area contributed by atoms with Gasteiger partial charge in [0.15, 0.2) is 5.96 Å². The highest BCUT2D eigenvalue weighted by atomic mass is 19.1. The van der Waals surface area contributed by atoms with Gasteiger partial charge in [-0.15, -0.1) is 0 Å². The minimum Gasteiger partial charge on any atom is -0.366 e. The first-order chi connectivity index (χ1) is 15.6. The highest BCUT2D eigenvalue weighted by Gasteiger charge is 2.22. The van der Waals surface area contributed by atoms with Gasteiger partial charge in [-0.25, -0.2) is 18.3 Å². The van der Waals surface area contributed by atoms with Gasteiger partial charge < -0.3 is 15.1 Å². The van der Waals surface area contributed by atoms with E-state index in [9.17, 15) is 13.6 Å². The van der Waals surface area contributed by atoms with E-state index in [1.54, 1.807) is 9.25 Å². The Morgan fingerprint density at radius 1 is 1.16 bits per heavy atom. The van der Waals surface area contributed by atoms with Gasteiger partial charge in [0.1, 0.15) is 17.5 Å². The summed E-state index contributed by atoms with van der Waals surface area (Å²) in [4.78, 5) is 21.2. The topological polar surface area (TPSA) is 70.7 Å². The molecule has 0 bridgehead atoms. The van der Waals surface area contributed by atoms with Crippen LogP contribution in [0.2, 0.25) is 0 Å². The second-order valence-corrected chi connectivity index (χ2v) is 8.19. The van der Waals surface area contributed by atoms with Gasteiger partial charge in [-0.1, -0.05) is 0 Å². The Labute approximate surface area is 186 Å². The molecular weight excluding hydrogens is 416 g/mol. The molecule has 4 rings (SSSR count). The van der Waals surface area contributed by atoms with Gasteiger partial charge in [0.05, 0.1) is 5.69 Å². The summed E-state index contributed by atoms with van der Waals surface area (Å²) in [6, 6.07) is 3.56. The van der Waals surface area contributed by atoms with Gasteiger partial charge in [-0.3, -0.25) is 9.56 Å². The van der Waals surface area contributed by atoms with Crippen LogP contribution in [0.4, 0.5) is 14.5 Å². The van der Waals surface area contributed by atoms with Crippen LogP contribution in [-0.2, 0) is 19.5 Å². The van der Waals surface area contributed by atoms with Gasteiger partial charge in [-0.05, 0) is 38.3 Å². The number of nitrogens with zero attached hydrogens (tertiary/aromatic N) is 6. The molecule has 0 spiro atoms. The molecule has 1 N–H and O–H groups in total. The average molecular weight is 448 g/mol. The molecular formula is C22H31F2N7O. The molecule has 1 aromatic heterocycles. The maximum Gasteiger partial charge on any atom is 0.345 e. The summed E-state index contributed by atoms with van der Waals surface area (Å²) >= 11 is 0. The largest absolute Gasteiger partial charge is 0.366 e.